The molecular formula is C13H12ClFN6O5S. The highest BCUT2D eigenvalue weighted by Crippen LogP contribution is 2.24. The van der Waals surface area contributed by atoms with Gasteiger partial charge >= 0.3 is 5.76 Å². The first-order chi connectivity index (χ1) is 12.8. The third-order valence-corrected chi connectivity index (χ3v) is 4.32. The molecule has 2 heterocycles. The molecule has 0 radical (unpaired) electrons. The van der Waals surface area contributed by atoms with Gasteiger partial charge in [-0.15, -0.1) is 0 Å². The molecule has 27 heavy (non-hydrogen) atoms. The summed E-state index contributed by atoms with van der Waals surface area (Å²) in [7, 11) is -3.80. The molecule has 3 N–H and O–H groups in total. The van der Waals surface area contributed by atoms with Gasteiger partial charge in [0, 0.05) is 6.54 Å². The molecule has 0 saturated carbocycles. The van der Waals surface area contributed by atoms with Crippen molar-refractivity contribution < 1.29 is 22.0 Å². The van der Waals surface area contributed by atoms with Crippen LogP contribution in [0.4, 0.5) is 4.39 Å². The van der Waals surface area contributed by atoms with Crippen molar-refractivity contribution in [1.29, 1.82) is 0 Å². The van der Waals surface area contributed by atoms with Crippen LogP contribution in [-0.2, 0) is 16.6 Å². The molecule has 0 unspecified atom stereocenters. The Bertz CT molecular complexity index is 1120. The van der Waals surface area contributed by atoms with E-state index in [-0.39, 0.29) is 35.2 Å². The Morgan fingerprint density at radius 3 is 2.78 bits per heavy atom. The normalized spacial score (nSPS) is 11.8. The minimum Gasteiger partial charge on any atom is -0.295 e. The largest absolute Gasteiger partial charge is 0.446 e. The number of rotatable bonds is 7. The van der Waals surface area contributed by atoms with Gasteiger partial charge < -0.3 is 0 Å². The van der Waals surface area contributed by atoms with E-state index >= 15 is 0 Å². The Kier molecular flexibility index (Phi) is 5.36. The molecule has 144 valence electrons. The van der Waals surface area contributed by atoms with Crippen LogP contribution in [0.1, 0.15) is 12.1 Å². The van der Waals surface area contributed by atoms with E-state index in [1.165, 1.54) is 12.1 Å². The van der Waals surface area contributed by atoms with E-state index in [2.05, 4.69) is 24.7 Å². The maximum Gasteiger partial charge on any atom is 0.446 e. The highest BCUT2D eigenvalue weighted by Gasteiger charge is 2.22. The van der Waals surface area contributed by atoms with Gasteiger partial charge in [-0.1, -0.05) is 21.9 Å². The van der Waals surface area contributed by atoms with Crippen LogP contribution in [0.5, 0.6) is 0 Å². The van der Waals surface area contributed by atoms with Crippen molar-refractivity contribution in [3.8, 4) is 17.2 Å². The zero-order valence-electron chi connectivity index (χ0n) is 13.4. The Hall–Kier alpha value is -2.61. The average Bonchev–Trinajstić information content (AvgIpc) is 3.19. The lowest BCUT2D eigenvalue weighted by Gasteiger charge is -2.04. The van der Waals surface area contributed by atoms with Crippen molar-refractivity contribution in [2.75, 3.05) is 6.54 Å². The molecule has 1 aromatic carbocycles. The van der Waals surface area contributed by atoms with Crippen LogP contribution >= 0.6 is 11.6 Å². The van der Waals surface area contributed by atoms with E-state index in [9.17, 15) is 17.6 Å². The third-order valence-electron chi connectivity index (χ3n) is 3.43. The minimum atomic E-state index is -3.80. The fraction of sp³-hybridized carbons (Fsp3) is 0.231. The molecule has 2 aromatic heterocycles. The average molecular weight is 419 g/mol. The van der Waals surface area contributed by atoms with Gasteiger partial charge in [0.15, 0.2) is 5.69 Å². The number of aromatic nitrogens is 4. The van der Waals surface area contributed by atoms with E-state index in [0.717, 1.165) is 10.6 Å². The number of aryl methyl sites for hydroxylation is 1. The monoisotopic (exact) mass is 418 g/mol. The first kappa shape index (κ1) is 19.2. The minimum absolute atomic E-state index is 0.0293. The summed E-state index contributed by atoms with van der Waals surface area (Å²) in [5.41, 5.74) is 0.617. The van der Waals surface area contributed by atoms with Gasteiger partial charge in [-0.25, -0.2) is 28.2 Å². The van der Waals surface area contributed by atoms with E-state index in [1.54, 1.807) is 0 Å². The number of benzene rings is 1. The molecule has 3 rings (SSSR count). The van der Waals surface area contributed by atoms with Crippen molar-refractivity contribution in [2.45, 2.75) is 12.8 Å². The third kappa shape index (κ3) is 4.39. The van der Waals surface area contributed by atoms with Crippen LogP contribution in [0.15, 0.2) is 32.1 Å². The Morgan fingerprint density at radius 2 is 2.07 bits per heavy atom. The van der Waals surface area contributed by atoms with Gasteiger partial charge in [0.05, 0.1) is 10.7 Å². The summed E-state index contributed by atoms with van der Waals surface area (Å²) in [5, 5.41) is 15.7. The van der Waals surface area contributed by atoms with Crippen molar-refractivity contribution in [3.05, 3.63) is 45.3 Å². The quantitative estimate of drug-likeness (QED) is 0.521. The van der Waals surface area contributed by atoms with Crippen molar-refractivity contribution in [3.63, 3.8) is 0 Å². The van der Waals surface area contributed by atoms with Crippen LogP contribution in [0, 0.1) is 5.82 Å². The second-order valence-electron chi connectivity index (χ2n) is 5.31. The molecule has 0 saturated heterocycles. The number of hydrogen-bond donors (Lipinski definition) is 2. The maximum atomic E-state index is 13.4. The lowest BCUT2D eigenvalue weighted by Crippen LogP contribution is -2.31. The SMILES string of the molecule is NS(=O)(=O)NCCCc1nonc1-c1noc(=O)n1-c1ccc(F)c(Cl)c1. The summed E-state index contributed by atoms with van der Waals surface area (Å²) in [5.74, 6) is -1.53. The van der Waals surface area contributed by atoms with E-state index in [0.29, 0.717) is 12.1 Å². The van der Waals surface area contributed by atoms with Crippen LogP contribution in [0.25, 0.3) is 17.2 Å². The van der Waals surface area contributed by atoms with Crippen LogP contribution in [-0.4, -0.2) is 35.0 Å². The zero-order chi connectivity index (χ0) is 19.6. The molecule has 0 spiro atoms. The van der Waals surface area contributed by atoms with Crippen LogP contribution in [0.3, 0.4) is 0 Å². The summed E-state index contributed by atoms with van der Waals surface area (Å²) < 4.78 is 47.6. The summed E-state index contributed by atoms with van der Waals surface area (Å²) in [6, 6.07) is 3.62. The number of hydrogen-bond acceptors (Lipinski definition) is 8. The zero-order valence-corrected chi connectivity index (χ0v) is 15.0. The first-order valence-electron chi connectivity index (χ1n) is 7.39. The lowest BCUT2D eigenvalue weighted by molar-refractivity contribution is 0.303. The topological polar surface area (TPSA) is 159 Å². The summed E-state index contributed by atoms with van der Waals surface area (Å²) in [6.45, 7) is 0.0598. The fourth-order valence-electron chi connectivity index (χ4n) is 2.26. The molecule has 11 nitrogen and oxygen atoms in total. The molecule has 0 aliphatic rings. The van der Waals surface area contributed by atoms with Gasteiger partial charge in [0.25, 0.3) is 10.2 Å². The number of nitrogens with zero attached hydrogens (tertiary/aromatic N) is 4. The second-order valence-corrected chi connectivity index (χ2v) is 7.09. The molecule has 0 atom stereocenters. The van der Waals surface area contributed by atoms with Gasteiger partial charge in [0.1, 0.15) is 11.5 Å². The summed E-state index contributed by atoms with van der Waals surface area (Å²) >= 11 is 5.76. The van der Waals surface area contributed by atoms with Gasteiger partial charge in [-0.2, -0.15) is 8.42 Å². The maximum absolute atomic E-state index is 13.4. The number of halogens is 2. The standard InChI is InChI=1S/C13H12ClFN6O5S/c14-8-6-7(3-4-9(8)15)21-12(20-25-13(21)22)11-10(18-26-19-11)2-1-5-17-27(16,23)24/h3-4,6,17H,1-2,5H2,(H2,16,23,24). The van der Waals surface area contributed by atoms with Gasteiger partial charge in [-0.3, -0.25) is 4.52 Å². The smallest absolute Gasteiger partial charge is 0.295 e. The Balaban J connectivity index is 1.89. The second kappa shape index (κ2) is 7.56. The highest BCUT2D eigenvalue weighted by atomic mass is 35.5. The summed E-state index contributed by atoms with van der Waals surface area (Å²) in [4.78, 5) is 12.0. The van der Waals surface area contributed by atoms with E-state index in [4.69, 9.17) is 21.4 Å². The van der Waals surface area contributed by atoms with Crippen molar-refractivity contribution in [1.82, 2.24) is 24.8 Å². The predicted molar refractivity (Wildman–Crippen MR) is 89.8 cm³/mol. The number of nitrogens with one attached hydrogen (secondary N) is 1. The molecule has 0 fully saturated rings. The van der Waals surface area contributed by atoms with Crippen LogP contribution < -0.4 is 15.6 Å². The molecule has 3 aromatic rings. The fourth-order valence-corrected chi connectivity index (χ4v) is 2.87. The lowest BCUT2D eigenvalue weighted by atomic mass is 10.2. The highest BCUT2D eigenvalue weighted by molar-refractivity contribution is 7.87. The van der Waals surface area contributed by atoms with Gasteiger partial charge in [-0.05, 0) is 36.2 Å². The van der Waals surface area contributed by atoms with Crippen molar-refractivity contribution >= 4 is 21.8 Å². The van der Waals surface area contributed by atoms with Gasteiger partial charge in [0.2, 0.25) is 5.82 Å². The van der Waals surface area contributed by atoms with E-state index in [1.807, 2.05) is 0 Å². The molecule has 0 amide bonds. The Labute approximate surface area is 156 Å². The summed E-state index contributed by atoms with van der Waals surface area (Å²) in [6.07, 6.45) is 0.564. The molecular weight excluding hydrogens is 407 g/mol. The molecule has 0 bridgehead atoms. The molecule has 14 heteroatoms. The molecule has 0 aliphatic heterocycles. The van der Waals surface area contributed by atoms with E-state index < -0.39 is 21.8 Å². The first-order valence-corrected chi connectivity index (χ1v) is 9.32. The van der Waals surface area contributed by atoms with Crippen molar-refractivity contribution in [2.24, 2.45) is 5.14 Å². The van der Waals surface area contributed by atoms with Crippen LogP contribution in [0.2, 0.25) is 5.02 Å². The predicted octanol–water partition coefficient (Wildman–Crippen LogP) is 0.394. The number of nitrogens with two attached hydrogens (primary N) is 1. The Morgan fingerprint density at radius 1 is 1.30 bits per heavy atom. The molecule has 0 aliphatic carbocycles.